The minimum Gasteiger partial charge on any atom is -0.460 e. The van der Waals surface area contributed by atoms with Crippen LogP contribution in [-0.4, -0.2) is 72.9 Å². The highest BCUT2D eigenvalue weighted by Gasteiger charge is 2.36. The SMILES string of the molecule is CC(C)[C@@H]1NC(=O)[C@H](COC(=O)/C=C/C(=O)OC[C@@H]2NC(=O)[C@H](C(C)C)NC2=O)NC1=O. The molecule has 0 aromatic rings. The van der Waals surface area contributed by atoms with Crippen LogP contribution in [0.1, 0.15) is 27.7 Å². The van der Waals surface area contributed by atoms with Crippen molar-refractivity contribution in [2.75, 3.05) is 13.2 Å². The first-order valence-corrected chi connectivity index (χ1v) is 10.2. The molecule has 32 heavy (non-hydrogen) atoms. The van der Waals surface area contributed by atoms with Crippen LogP contribution in [0.3, 0.4) is 0 Å². The molecule has 4 atom stereocenters. The molecule has 176 valence electrons. The summed E-state index contributed by atoms with van der Waals surface area (Å²) in [4.78, 5) is 71.5. The number of amides is 4. The van der Waals surface area contributed by atoms with E-state index >= 15 is 0 Å². The molecule has 0 radical (unpaired) electrons. The third-order valence-corrected chi connectivity index (χ3v) is 4.90. The van der Waals surface area contributed by atoms with E-state index in [1.54, 1.807) is 27.7 Å². The van der Waals surface area contributed by atoms with Crippen molar-refractivity contribution in [3.05, 3.63) is 12.2 Å². The maximum atomic E-state index is 12.0. The van der Waals surface area contributed by atoms with Gasteiger partial charge >= 0.3 is 11.9 Å². The van der Waals surface area contributed by atoms with Gasteiger partial charge in [-0.2, -0.15) is 0 Å². The first-order valence-electron chi connectivity index (χ1n) is 10.2. The van der Waals surface area contributed by atoms with E-state index in [1.165, 1.54) is 0 Å². The van der Waals surface area contributed by atoms with Gasteiger partial charge in [-0.05, 0) is 11.8 Å². The molecule has 12 nitrogen and oxygen atoms in total. The zero-order valence-corrected chi connectivity index (χ0v) is 18.3. The van der Waals surface area contributed by atoms with Crippen molar-refractivity contribution in [3.8, 4) is 0 Å². The predicted molar refractivity (Wildman–Crippen MR) is 108 cm³/mol. The summed E-state index contributed by atoms with van der Waals surface area (Å²) in [6, 6.07) is -3.39. The molecule has 12 heteroatoms. The molecule has 0 bridgehead atoms. The van der Waals surface area contributed by atoms with Crippen molar-refractivity contribution in [3.63, 3.8) is 0 Å². The van der Waals surface area contributed by atoms with Gasteiger partial charge < -0.3 is 30.7 Å². The Labute approximate surface area is 184 Å². The molecule has 0 saturated carbocycles. The average Bonchev–Trinajstić information content (AvgIpc) is 2.72. The molecule has 0 aromatic carbocycles. The standard InChI is InChI=1S/C20H28N4O8/c1-9(2)15-19(29)21-11(17(27)23-15)7-31-13(25)5-6-14(26)32-8-12-18(28)24-16(10(3)4)20(30)22-12/h5-6,9-12,15-16H,7-8H2,1-4H3,(H,21,29)(H,22,30)(H,23,27)(H,24,28)/b6-5+/t11-,12-,15-,16-/m0/s1. The van der Waals surface area contributed by atoms with Gasteiger partial charge in [0, 0.05) is 12.2 Å². The number of hydrogen-bond acceptors (Lipinski definition) is 8. The lowest BCUT2D eigenvalue weighted by Crippen LogP contribution is -2.64. The summed E-state index contributed by atoms with van der Waals surface area (Å²) in [5, 5.41) is 10.1. The molecular weight excluding hydrogens is 424 g/mol. The van der Waals surface area contributed by atoms with Crippen LogP contribution in [0, 0.1) is 11.8 Å². The predicted octanol–water partition coefficient (Wildman–Crippen LogP) is -2.09. The molecule has 2 rings (SSSR count). The van der Waals surface area contributed by atoms with E-state index < -0.39 is 61.1 Å². The van der Waals surface area contributed by atoms with Gasteiger partial charge in [0.1, 0.15) is 37.4 Å². The highest BCUT2D eigenvalue weighted by molar-refractivity contribution is 5.98. The zero-order chi connectivity index (χ0) is 24.0. The van der Waals surface area contributed by atoms with Crippen LogP contribution < -0.4 is 21.3 Å². The molecule has 2 saturated heterocycles. The Morgan fingerprint density at radius 2 is 1.03 bits per heavy atom. The number of rotatable bonds is 8. The lowest BCUT2D eigenvalue weighted by Gasteiger charge is -2.31. The topological polar surface area (TPSA) is 169 Å². The van der Waals surface area contributed by atoms with E-state index in [-0.39, 0.29) is 23.7 Å². The van der Waals surface area contributed by atoms with Crippen molar-refractivity contribution in [1.82, 2.24) is 21.3 Å². The zero-order valence-electron chi connectivity index (χ0n) is 18.3. The van der Waals surface area contributed by atoms with E-state index in [4.69, 9.17) is 9.47 Å². The van der Waals surface area contributed by atoms with Crippen molar-refractivity contribution in [2.24, 2.45) is 11.8 Å². The first-order chi connectivity index (χ1) is 15.0. The maximum absolute atomic E-state index is 12.0. The van der Waals surface area contributed by atoms with Gasteiger partial charge in [-0.3, -0.25) is 19.2 Å². The van der Waals surface area contributed by atoms with Crippen molar-refractivity contribution < 1.29 is 38.2 Å². The lowest BCUT2D eigenvalue weighted by atomic mass is 10.00. The summed E-state index contributed by atoms with van der Waals surface area (Å²) in [5.74, 6) is -3.77. The maximum Gasteiger partial charge on any atom is 0.331 e. The Bertz CT molecular complexity index is 756. The largest absolute Gasteiger partial charge is 0.460 e. The van der Waals surface area contributed by atoms with Crippen molar-refractivity contribution >= 4 is 35.6 Å². The van der Waals surface area contributed by atoms with Crippen molar-refractivity contribution in [2.45, 2.75) is 51.9 Å². The molecule has 0 aliphatic carbocycles. The van der Waals surface area contributed by atoms with Crippen LogP contribution in [0.2, 0.25) is 0 Å². The molecule has 2 aliphatic rings. The highest BCUT2D eigenvalue weighted by atomic mass is 16.5. The monoisotopic (exact) mass is 452 g/mol. The Morgan fingerprint density at radius 1 is 0.688 bits per heavy atom. The molecule has 2 heterocycles. The van der Waals surface area contributed by atoms with Gasteiger partial charge in [-0.1, -0.05) is 27.7 Å². The second-order valence-corrected chi connectivity index (χ2v) is 8.18. The molecule has 2 aliphatic heterocycles. The minimum absolute atomic E-state index is 0.0963. The third-order valence-electron chi connectivity index (χ3n) is 4.90. The number of nitrogens with one attached hydrogen (secondary N) is 4. The fourth-order valence-corrected chi connectivity index (χ4v) is 3.03. The van der Waals surface area contributed by atoms with Gasteiger partial charge in [0.15, 0.2) is 0 Å². The number of piperazine rings is 2. The van der Waals surface area contributed by atoms with E-state index in [2.05, 4.69) is 21.3 Å². The highest BCUT2D eigenvalue weighted by Crippen LogP contribution is 2.08. The van der Waals surface area contributed by atoms with E-state index in [0.29, 0.717) is 0 Å². The van der Waals surface area contributed by atoms with Gasteiger partial charge in [0.25, 0.3) is 0 Å². The van der Waals surface area contributed by atoms with Crippen LogP contribution in [0.5, 0.6) is 0 Å². The number of carbonyl (C=O) groups excluding carboxylic acids is 6. The summed E-state index contributed by atoms with van der Waals surface area (Å²) in [6.07, 6.45) is 1.58. The number of hydrogen-bond donors (Lipinski definition) is 4. The fraction of sp³-hybridized carbons (Fsp3) is 0.600. The Balaban J connectivity index is 1.74. The average molecular weight is 452 g/mol. The normalized spacial score (nSPS) is 25.8. The number of carbonyl (C=O) groups is 6. The number of ether oxygens (including phenoxy) is 2. The van der Waals surface area contributed by atoms with E-state index in [9.17, 15) is 28.8 Å². The molecule has 0 unspecified atom stereocenters. The molecule has 0 aromatic heterocycles. The smallest absolute Gasteiger partial charge is 0.331 e. The van der Waals surface area contributed by atoms with Gasteiger partial charge in [-0.25, -0.2) is 9.59 Å². The molecular formula is C20H28N4O8. The summed E-state index contributed by atoms with van der Waals surface area (Å²) in [6.45, 7) is 6.31. The van der Waals surface area contributed by atoms with Crippen LogP contribution in [-0.2, 0) is 38.2 Å². The number of esters is 2. The fourth-order valence-electron chi connectivity index (χ4n) is 3.03. The summed E-state index contributed by atoms with van der Waals surface area (Å²) < 4.78 is 9.75. The lowest BCUT2D eigenvalue weighted by molar-refractivity contribution is -0.146. The van der Waals surface area contributed by atoms with Gasteiger partial charge in [0.05, 0.1) is 0 Å². The first kappa shape index (κ1) is 24.8. The quantitative estimate of drug-likeness (QED) is 0.240. The van der Waals surface area contributed by atoms with E-state index in [1.807, 2.05) is 0 Å². The van der Waals surface area contributed by atoms with Crippen molar-refractivity contribution in [1.29, 1.82) is 0 Å². The third kappa shape index (κ3) is 6.53. The van der Waals surface area contributed by atoms with E-state index in [0.717, 1.165) is 12.2 Å². The van der Waals surface area contributed by atoms with Crippen LogP contribution in [0.4, 0.5) is 0 Å². The Hall–Kier alpha value is -3.44. The molecule has 2 fully saturated rings. The van der Waals surface area contributed by atoms with Crippen LogP contribution >= 0.6 is 0 Å². The molecule has 4 amide bonds. The summed E-state index contributed by atoms with van der Waals surface area (Å²) in [7, 11) is 0. The molecule has 4 N–H and O–H groups in total. The second kappa shape index (κ2) is 10.7. The Kier molecular flexibility index (Phi) is 8.33. The van der Waals surface area contributed by atoms with Gasteiger partial charge in [0.2, 0.25) is 23.6 Å². The summed E-state index contributed by atoms with van der Waals surface area (Å²) in [5.41, 5.74) is 0. The van der Waals surface area contributed by atoms with Gasteiger partial charge in [-0.15, -0.1) is 0 Å². The minimum atomic E-state index is -1.04. The second-order valence-electron chi connectivity index (χ2n) is 8.18. The van der Waals surface area contributed by atoms with Crippen LogP contribution in [0.25, 0.3) is 0 Å². The van der Waals surface area contributed by atoms with Crippen LogP contribution in [0.15, 0.2) is 12.2 Å². The Morgan fingerprint density at radius 3 is 1.34 bits per heavy atom. The molecule has 0 spiro atoms. The summed E-state index contributed by atoms with van der Waals surface area (Å²) >= 11 is 0.